The monoisotopic (exact) mass is 377 g/mol. The largest absolute Gasteiger partial charge is 0.375 e. The number of halogens is 1. The van der Waals surface area contributed by atoms with Gasteiger partial charge < -0.3 is 9.88 Å². The smallest absolute Gasteiger partial charge is 0.131 e. The summed E-state index contributed by atoms with van der Waals surface area (Å²) in [6.07, 6.45) is 0. The number of fused-ring (bicyclic) bond motifs is 1. The molecule has 0 fully saturated rings. The van der Waals surface area contributed by atoms with E-state index in [1.807, 2.05) is 12.1 Å². The lowest BCUT2D eigenvalue weighted by Gasteiger charge is -2.15. The third-order valence-corrected chi connectivity index (χ3v) is 4.16. The molecule has 0 spiro atoms. The summed E-state index contributed by atoms with van der Waals surface area (Å²) in [4.78, 5) is 4.72. The number of para-hydroxylation sites is 2. The summed E-state index contributed by atoms with van der Waals surface area (Å²) in [5.74, 6) is 1.05. The van der Waals surface area contributed by atoms with Gasteiger partial charge in [-0.05, 0) is 65.9 Å². The first-order chi connectivity index (χ1) is 9.65. The molecule has 20 heavy (non-hydrogen) atoms. The summed E-state index contributed by atoms with van der Waals surface area (Å²) in [5, 5.41) is 3.50. The summed E-state index contributed by atoms with van der Waals surface area (Å²) in [5.41, 5.74) is 3.32. The van der Waals surface area contributed by atoms with Crippen LogP contribution >= 0.6 is 22.6 Å². The molecule has 0 aliphatic rings. The van der Waals surface area contributed by atoms with Crippen molar-refractivity contribution in [3.8, 4) is 0 Å². The van der Waals surface area contributed by atoms with Gasteiger partial charge in [-0.1, -0.05) is 12.1 Å². The lowest BCUT2D eigenvalue weighted by molar-refractivity contribution is 0.734. The molecule has 0 bridgehead atoms. The third kappa shape index (κ3) is 2.52. The van der Waals surface area contributed by atoms with Gasteiger partial charge in [-0.25, -0.2) is 4.98 Å². The molecule has 3 nitrogen and oxygen atoms in total. The van der Waals surface area contributed by atoms with E-state index in [0.29, 0.717) is 0 Å². The van der Waals surface area contributed by atoms with E-state index in [0.717, 1.165) is 17.0 Å². The molecular weight excluding hydrogens is 361 g/mol. The van der Waals surface area contributed by atoms with Crippen LogP contribution in [0.5, 0.6) is 0 Å². The summed E-state index contributed by atoms with van der Waals surface area (Å²) in [6, 6.07) is 16.8. The van der Waals surface area contributed by atoms with Crippen molar-refractivity contribution in [3.05, 3.63) is 57.9 Å². The van der Waals surface area contributed by atoms with Crippen molar-refractivity contribution >= 4 is 39.3 Å². The highest BCUT2D eigenvalue weighted by Crippen LogP contribution is 2.22. The van der Waals surface area contributed by atoms with Crippen LogP contribution in [0.1, 0.15) is 18.8 Å². The average molecular weight is 377 g/mol. The fourth-order valence-electron chi connectivity index (χ4n) is 2.41. The summed E-state index contributed by atoms with van der Waals surface area (Å²) >= 11 is 2.31. The predicted molar refractivity (Wildman–Crippen MR) is 91.9 cm³/mol. The maximum atomic E-state index is 4.72. The Kier molecular flexibility index (Phi) is 3.65. The fraction of sp³-hybridized carbons (Fsp3) is 0.188. The molecule has 0 radical (unpaired) electrons. The maximum absolute atomic E-state index is 4.72. The Hall–Kier alpha value is -1.56. The van der Waals surface area contributed by atoms with Crippen LogP contribution in [0, 0.1) is 3.57 Å². The number of hydrogen-bond acceptors (Lipinski definition) is 2. The van der Waals surface area contributed by atoms with Gasteiger partial charge in [-0.2, -0.15) is 0 Å². The first-order valence-corrected chi connectivity index (χ1v) is 7.66. The number of imidazole rings is 1. The number of nitrogens with zero attached hydrogens (tertiary/aromatic N) is 2. The molecule has 0 amide bonds. The van der Waals surface area contributed by atoms with Gasteiger partial charge in [0, 0.05) is 16.3 Å². The van der Waals surface area contributed by atoms with Crippen LogP contribution in [-0.2, 0) is 7.05 Å². The Morgan fingerprint density at radius 3 is 2.50 bits per heavy atom. The lowest BCUT2D eigenvalue weighted by atomic mass is 10.2. The minimum atomic E-state index is 0.160. The van der Waals surface area contributed by atoms with Crippen molar-refractivity contribution in [1.82, 2.24) is 9.55 Å². The molecule has 1 N–H and O–H groups in total. The minimum Gasteiger partial charge on any atom is -0.375 e. The Bertz CT molecular complexity index is 731. The number of aryl methyl sites for hydroxylation is 1. The highest BCUT2D eigenvalue weighted by atomic mass is 127. The Labute approximate surface area is 132 Å². The van der Waals surface area contributed by atoms with Gasteiger partial charge in [0.2, 0.25) is 0 Å². The molecule has 3 aromatic rings. The van der Waals surface area contributed by atoms with Gasteiger partial charge in [-0.15, -0.1) is 0 Å². The predicted octanol–water partition coefficient (Wildman–Crippen LogP) is 4.35. The number of rotatable bonds is 3. The van der Waals surface area contributed by atoms with E-state index in [9.17, 15) is 0 Å². The van der Waals surface area contributed by atoms with E-state index in [2.05, 4.69) is 82.8 Å². The van der Waals surface area contributed by atoms with Crippen LogP contribution in [0.3, 0.4) is 0 Å². The van der Waals surface area contributed by atoms with E-state index in [-0.39, 0.29) is 6.04 Å². The number of nitrogens with one attached hydrogen (secondary N) is 1. The molecule has 0 saturated heterocycles. The van der Waals surface area contributed by atoms with Crippen molar-refractivity contribution in [1.29, 1.82) is 0 Å². The van der Waals surface area contributed by atoms with Gasteiger partial charge in [0.15, 0.2) is 0 Å². The topological polar surface area (TPSA) is 29.9 Å². The second kappa shape index (κ2) is 5.44. The van der Waals surface area contributed by atoms with Crippen LogP contribution in [0.2, 0.25) is 0 Å². The van der Waals surface area contributed by atoms with Gasteiger partial charge in [0.25, 0.3) is 0 Å². The SMILES string of the molecule is CC(Nc1ccc(I)cc1)c1nc2ccccc2n1C. The average Bonchev–Trinajstić information content (AvgIpc) is 2.79. The molecule has 4 heteroatoms. The van der Waals surface area contributed by atoms with E-state index < -0.39 is 0 Å². The van der Waals surface area contributed by atoms with Crippen LogP contribution in [-0.4, -0.2) is 9.55 Å². The number of aromatic nitrogens is 2. The number of benzene rings is 2. The third-order valence-electron chi connectivity index (χ3n) is 3.44. The van der Waals surface area contributed by atoms with Gasteiger partial charge in [0.1, 0.15) is 5.82 Å². The molecule has 0 saturated carbocycles. The highest BCUT2D eigenvalue weighted by molar-refractivity contribution is 14.1. The van der Waals surface area contributed by atoms with E-state index >= 15 is 0 Å². The first-order valence-electron chi connectivity index (χ1n) is 6.58. The Morgan fingerprint density at radius 2 is 1.80 bits per heavy atom. The molecule has 102 valence electrons. The van der Waals surface area contributed by atoms with Gasteiger partial charge in [-0.3, -0.25) is 0 Å². The highest BCUT2D eigenvalue weighted by Gasteiger charge is 2.13. The van der Waals surface area contributed by atoms with Crippen molar-refractivity contribution in [3.63, 3.8) is 0 Å². The van der Waals surface area contributed by atoms with Crippen molar-refractivity contribution < 1.29 is 0 Å². The Morgan fingerprint density at radius 1 is 1.10 bits per heavy atom. The van der Waals surface area contributed by atoms with Crippen LogP contribution in [0.15, 0.2) is 48.5 Å². The van der Waals surface area contributed by atoms with Gasteiger partial charge >= 0.3 is 0 Å². The van der Waals surface area contributed by atoms with Gasteiger partial charge in [0.05, 0.1) is 17.1 Å². The second-order valence-electron chi connectivity index (χ2n) is 4.89. The molecule has 3 rings (SSSR count). The zero-order valence-corrected chi connectivity index (χ0v) is 13.6. The first kappa shape index (κ1) is 13.4. The Balaban J connectivity index is 1.90. The minimum absolute atomic E-state index is 0.160. The number of hydrogen-bond donors (Lipinski definition) is 1. The zero-order valence-electron chi connectivity index (χ0n) is 11.5. The summed E-state index contributed by atoms with van der Waals surface area (Å²) in [6.45, 7) is 2.14. The maximum Gasteiger partial charge on any atom is 0.131 e. The standard InChI is InChI=1S/C16H16IN3/c1-11(18-13-9-7-12(17)8-10-13)16-19-14-5-3-4-6-15(14)20(16)2/h3-11,18H,1-2H3. The number of anilines is 1. The molecular formula is C16H16IN3. The van der Waals surface area contributed by atoms with Crippen LogP contribution in [0.4, 0.5) is 5.69 Å². The quantitative estimate of drug-likeness (QED) is 0.688. The molecule has 0 aliphatic heterocycles. The van der Waals surface area contributed by atoms with E-state index in [1.165, 1.54) is 9.09 Å². The lowest BCUT2D eigenvalue weighted by Crippen LogP contribution is -2.11. The van der Waals surface area contributed by atoms with Crippen molar-refractivity contribution in [2.75, 3.05) is 5.32 Å². The van der Waals surface area contributed by atoms with E-state index in [1.54, 1.807) is 0 Å². The van der Waals surface area contributed by atoms with Crippen LogP contribution < -0.4 is 5.32 Å². The second-order valence-corrected chi connectivity index (χ2v) is 6.14. The van der Waals surface area contributed by atoms with Crippen molar-refractivity contribution in [2.24, 2.45) is 7.05 Å². The zero-order chi connectivity index (χ0) is 14.1. The molecule has 1 atom stereocenters. The molecule has 1 unspecified atom stereocenters. The van der Waals surface area contributed by atoms with E-state index in [4.69, 9.17) is 4.98 Å². The molecule has 1 heterocycles. The summed E-state index contributed by atoms with van der Waals surface area (Å²) < 4.78 is 3.39. The molecule has 2 aromatic carbocycles. The molecule has 0 aliphatic carbocycles. The summed E-state index contributed by atoms with van der Waals surface area (Å²) in [7, 11) is 2.07. The van der Waals surface area contributed by atoms with Crippen molar-refractivity contribution in [2.45, 2.75) is 13.0 Å². The van der Waals surface area contributed by atoms with Crippen LogP contribution in [0.25, 0.3) is 11.0 Å². The fourth-order valence-corrected chi connectivity index (χ4v) is 2.77. The normalized spacial score (nSPS) is 12.6. The molecule has 1 aromatic heterocycles.